The van der Waals surface area contributed by atoms with Crippen LogP contribution in [0.15, 0.2) is 6.07 Å². The SMILES string of the molecule is COC1CCC(NCc2cc(C)sc2C)C1. The molecule has 0 spiro atoms. The fourth-order valence-corrected chi connectivity index (χ4v) is 3.40. The highest BCUT2D eigenvalue weighted by Gasteiger charge is 2.23. The van der Waals surface area contributed by atoms with Gasteiger partial charge in [-0.05, 0) is 44.7 Å². The summed E-state index contributed by atoms with van der Waals surface area (Å²) in [6, 6.07) is 2.94. The minimum Gasteiger partial charge on any atom is -0.381 e. The quantitative estimate of drug-likeness (QED) is 0.872. The summed E-state index contributed by atoms with van der Waals surface area (Å²) in [4.78, 5) is 2.86. The third-order valence-electron chi connectivity index (χ3n) is 3.44. The number of thiophene rings is 1. The number of hydrogen-bond acceptors (Lipinski definition) is 3. The van der Waals surface area contributed by atoms with Crippen LogP contribution < -0.4 is 5.32 Å². The molecule has 1 saturated carbocycles. The Balaban J connectivity index is 1.82. The molecule has 2 unspecified atom stereocenters. The van der Waals surface area contributed by atoms with Crippen LogP contribution in [0.1, 0.15) is 34.6 Å². The van der Waals surface area contributed by atoms with Crippen LogP contribution in [0.4, 0.5) is 0 Å². The van der Waals surface area contributed by atoms with Crippen molar-refractivity contribution in [2.45, 2.75) is 51.8 Å². The molecule has 0 saturated heterocycles. The van der Waals surface area contributed by atoms with Gasteiger partial charge < -0.3 is 10.1 Å². The summed E-state index contributed by atoms with van der Waals surface area (Å²) < 4.78 is 5.38. The molecule has 0 aliphatic heterocycles. The van der Waals surface area contributed by atoms with E-state index in [1.807, 2.05) is 18.4 Å². The smallest absolute Gasteiger partial charge is 0.0586 e. The van der Waals surface area contributed by atoms with Crippen LogP contribution in [0.5, 0.6) is 0 Å². The highest BCUT2D eigenvalue weighted by atomic mass is 32.1. The summed E-state index contributed by atoms with van der Waals surface area (Å²) in [6.45, 7) is 5.40. The lowest BCUT2D eigenvalue weighted by molar-refractivity contribution is 0.107. The van der Waals surface area contributed by atoms with E-state index in [0.29, 0.717) is 12.1 Å². The van der Waals surface area contributed by atoms with Crippen LogP contribution in [-0.2, 0) is 11.3 Å². The zero-order chi connectivity index (χ0) is 11.5. The molecule has 1 N–H and O–H groups in total. The maximum Gasteiger partial charge on any atom is 0.0586 e. The molecule has 90 valence electrons. The fourth-order valence-electron chi connectivity index (χ4n) is 2.45. The number of rotatable bonds is 4. The number of ether oxygens (including phenoxy) is 1. The van der Waals surface area contributed by atoms with Crippen LogP contribution in [-0.4, -0.2) is 19.3 Å². The third-order valence-corrected chi connectivity index (χ3v) is 4.45. The summed E-state index contributed by atoms with van der Waals surface area (Å²) in [5.74, 6) is 0. The van der Waals surface area contributed by atoms with Gasteiger partial charge in [-0.1, -0.05) is 0 Å². The lowest BCUT2D eigenvalue weighted by Crippen LogP contribution is -2.26. The van der Waals surface area contributed by atoms with Crippen LogP contribution >= 0.6 is 11.3 Å². The van der Waals surface area contributed by atoms with Gasteiger partial charge in [-0.25, -0.2) is 0 Å². The highest BCUT2D eigenvalue weighted by molar-refractivity contribution is 7.12. The van der Waals surface area contributed by atoms with Crippen molar-refractivity contribution in [3.63, 3.8) is 0 Å². The predicted molar refractivity (Wildman–Crippen MR) is 69.1 cm³/mol. The summed E-state index contributed by atoms with van der Waals surface area (Å²) in [5.41, 5.74) is 1.46. The molecule has 1 aromatic rings. The number of aryl methyl sites for hydroxylation is 2. The first kappa shape index (κ1) is 12.1. The molecular weight excluding hydrogens is 218 g/mol. The van der Waals surface area contributed by atoms with Crippen LogP contribution in [0.3, 0.4) is 0 Å². The maximum atomic E-state index is 5.38. The molecular formula is C13H21NOS. The largest absolute Gasteiger partial charge is 0.381 e. The average Bonchev–Trinajstić information content (AvgIpc) is 2.82. The van der Waals surface area contributed by atoms with Crippen molar-refractivity contribution in [1.29, 1.82) is 0 Å². The van der Waals surface area contributed by atoms with Gasteiger partial charge in [-0.2, -0.15) is 0 Å². The van der Waals surface area contributed by atoms with E-state index in [-0.39, 0.29) is 0 Å². The van der Waals surface area contributed by atoms with Crippen molar-refractivity contribution >= 4 is 11.3 Å². The molecule has 0 bridgehead atoms. The van der Waals surface area contributed by atoms with Crippen LogP contribution in [0.2, 0.25) is 0 Å². The van der Waals surface area contributed by atoms with E-state index in [9.17, 15) is 0 Å². The second kappa shape index (κ2) is 5.30. The molecule has 1 heterocycles. The topological polar surface area (TPSA) is 21.3 Å². The lowest BCUT2D eigenvalue weighted by atomic mass is 10.2. The zero-order valence-electron chi connectivity index (χ0n) is 10.4. The molecule has 1 fully saturated rings. The van der Waals surface area contributed by atoms with Gasteiger partial charge in [-0.15, -0.1) is 11.3 Å². The molecule has 2 rings (SSSR count). The van der Waals surface area contributed by atoms with E-state index in [1.54, 1.807) is 0 Å². The van der Waals surface area contributed by atoms with Gasteiger partial charge in [0.05, 0.1) is 6.10 Å². The molecule has 0 amide bonds. The van der Waals surface area contributed by atoms with Gasteiger partial charge in [0, 0.05) is 29.5 Å². The lowest BCUT2D eigenvalue weighted by Gasteiger charge is -2.12. The van der Waals surface area contributed by atoms with Crippen LogP contribution in [0, 0.1) is 13.8 Å². The zero-order valence-corrected chi connectivity index (χ0v) is 11.2. The van der Waals surface area contributed by atoms with E-state index < -0.39 is 0 Å². The standard InChI is InChI=1S/C13H21NOS/c1-9-6-11(10(2)16-9)8-14-12-4-5-13(7-12)15-3/h6,12-14H,4-5,7-8H2,1-3H3. The van der Waals surface area contributed by atoms with Gasteiger partial charge in [0.25, 0.3) is 0 Å². The van der Waals surface area contributed by atoms with Crippen molar-refractivity contribution in [3.05, 3.63) is 21.4 Å². The molecule has 0 radical (unpaired) electrons. The third kappa shape index (κ3) is 2.84. The average molecular weight is 239 g/mol. The Morgan fingerprint density at radius 1 is 1.44 bits per heavy atom. The highest BCUT2D eigenvalue weighted by Crippen LogP contribution is 2.24. The van der Waals surface area contributed by atoms with Crippen LogP contribution in [0.25, 0.3) is 0 Å². The normalized spacial score (nSPS) is 25.2. The van der Waals surface area contributed by atoms with Crippen molar-refractivity contribution < 1.29 is 4.74 Å². The summed E-state index contributed by atoms with van der Waals surface area (Å²) in [7, 11) is 1.82. The molecule has 0 aromatic carbocycles. The molecule has 2 atom stereocenters. The molecule has 1 aromatic heterocycles. The van der Waals surface area contributed by atoms with Gasteiger partial charge in [0.2, 0.25) is 0 Å². The second-order valence-electron chi connectivity index (χ2n) is 4.69. The Labute approximate surface area is 102 Å². The second-order valence-corrected chi connectivity index (χ2v) is 6.15. The van der Waals surface area contributed by atoms with Crippen molar-refractivity contribution in [1.82, 2.24) is 5.32 Å². The van der Waals surface area contributed by atoms with E-state index in [0.717, 1.165) is 6.54 Å². The summed E-state index contributed by atoms with van der Waals surface area (Å²) in [5, 5.41) is 3.64. The predicted octanol–water partition coefficient (Wildman–Crippen LogP) is 3.02. The number of methoxy groups -OCH3 is 1. The Kier molecular flexibility index (Phi) is 4.00. The first-order valence-electron chi connectivity index (χ1n) is 6.01. The Morgan fingerprint density at radius 2 is 2.25 bits per heavy atom. The maximum absolute atomic E-state index is 5.38. The fraction of sp³-hybridized carbons (Fsp3) is 0.692. The minimum atomic E-state index is 0.475. The first-order valence-corrected chi connectivity index (χ1v) is 6.82. The monoisotopic (exact) mass is 239 g/mol. The Bertz CT molecular complexity index is 348. The van der Waals surface area contributed by atoms with Crippen molar-refractivity contribution in [3.8, 4) is 0 Å². The van der Waals surface area contributed by atoms with Gasteiger partial charge in [0.15, 0.2) is 0 Å². The van der Waals surface area contributed by atoms with E-state index in [2.05, 4.69) is 25.2 Å². The van der Waals surface area contributed by atoms with E-state index in [4.69, 9.17) is 4.74 Å². The summed E-state index contributed by atoms with van der Waals surface area (Å²) >= 11 is 1.89. The molecule has 16 heavy (non-hydrogen) atoms. The first-order chi connectivity index (χ1) is 7.69. The molecule has 1 aliphatic rings. The van der Waals surface area contributed by atoms with E-state index >= 15 is 0 Å². The van der Waals surface area contributed by atoms with E-state index in [1.165, 1.54) is 34.6 Å². The Morgan fingerprint density at radius 3 is 2.81 bits per heavy atom. The van der Waals surface area contributed by atoms with Crippen molar-refractivity contribution in [2.24, 2.45) is 0 Å². The molecule has 3 heteroatoms. The van der Waals surface area contributed by atoms with Gasteiger partial charge >= 0.3 is 0 Å². The molecule has 2 nitrogen and oxygen atoms in total. The van der Waals surface area contributed by atoms with Gasteiger partial charge in [-0.3, -0.25) is 0 Å². The minimum absolute atomic E-state index is 0.475. The molecule has 1 aliphatic carbocycles. The Hall–Kier alpha value is -0.380. The van der Waals surface area contributed by atoms with Crippen molar-refractivity contribution in [2.75, 3.05) is 7.11 Å². The number of nitrogens with one attached hydrogen (secondary N) is 1. The van der Waals surface area contributed by atoms with Gasteiger partial charge in [0.1, 0.15) is 0 Å². The summed E-state index contributed by atoms with van der Waals surface area (Å²) in [6.07, 6.45) is 4.10. The number of hydrogen-bond donors (Lipinski definition) is 1.